The number of rotatable bonds is 2. The van der Waals surface area contributed by atoms with Crippen LogP contribution in [0.1, 0.15) is 16.1 Å². The van der Waals surface area contributed by atoms with E-state index >= 15 is 0 Å². The van der Waals surface area contributed by atoms with Crippen LogP contribution < -0.4 is 5.32 Å². The number of hydrogen-bond acceptors (Lipinski definition) is 4. The van der Waals surface area contributed by atoms with Crippen molar-refractivity contribution >= 4 is 39.5 Å². The van der Waals surface area contributed by atoms with Gasteiger partial charge in [-0.25, -0.2) is 9.50 Å². The number of aromatic nitrogens is 3. The molecule has 3 rings (SSSR count). The standard InChI is InChI=1S/C12H6ClF3N4OS/c13-6-1-2-8(7(3-6)12(14,15)16)18-10(21)9-4-20-11(19-9)22-5-17-20/h1-5H,(H,18,21). The van der Waals surface area contributed by atoms with Crippen LogP contribution in [0.15, 0.2) is 29.9 Å². The Kier molecular flexibility index (Phi) is 3.53. The van der Waals surface area contributed by atoms with Crippen molar-refractivity contribution in [2.75, 3.05) is 5.32 Å². The minimum Gasteiger partial charge on any atom is -0.320 e. The fraction of sp³-hybridized carbons (Fsp3) is 0.0833. The Morgan fingerprint density at radius 2 is 2.14 bits per heavy atom. The van der Waals surface area contributed by atoms with Crippen molar-refractivity contribution in [2.45, 2.75) is 6.18 Å². The molecule has 0 atom stereocenters. The van der Waals surface area contributed by atoms with Crippen molar-refractivity contribution in [3.8, 4) is 0 Å². The molecular formula is C12H6ClF3N4OS. The van der Waals surface area contributed by atoms with Gasteiger partial charge in [0.05, 0.1) is 17.4 Å². The van der Waals surface area contributed by atoms with E-state index in [1.54, 1.807) is 0 Å². The number of benzene rings is 1. The molecule has 5 nitrogen and oxygen atoms in total. The summed E-state index contributed by atoms with van der Waals surface area (Å²) in [5.41, 5.74) is 0.103. The molecule has 1 N–H and O–H groups in total. The lowest BCUT2D eigenvalue weighted by Gasteiger charge is -2.13. The molecule has 0 spiro atoms. The summed E-state index contributed by atoms with van der Waals surface area (Å²) in [6.07, 6.45) is -3.30. The van der Waals surface area contributed by atoms with Gasteiger partial charge in [0.15, 0.2) is 0 Å². The van der Waals surface area contributed by atoms with Crippen LogP contribution in [-0.2, 0) is 6.18 Å². The third-order valence-electron chi connectivity index (χ3n) is 2.75. The second kappa shape index (κ2) is 5.25. The quantitative estimate of drug-likeness (QED) is 0.769. The number of nitrogens with zero attached hydrogens (tertiary/aromatic N) is 3. The average molecular weight is 347 g/mol. The molecule has 0 unspecified atom stereocenters. The minimum atomic E-state index is -4.64. The maximum absolute atomic E-state index is 13.0. The van der Waals surface area contributed by atoms with Gasteiger partial charge in [0.1, 0.15) is 11.2 Å². The average Bonchev–Trinajstić information content (AvgIpc) is 3.00. The lowest BCUT2D eigenvalue weighted by atomic mass is 10.1. The molecule has 0 aliphatic rings. The number of alkyl halides is 3. The molecule has 3 aromatic rings. The zero-order chi connectivity index (χ0) is 15.9. The van der Waals surface area contributed by atoms with Gasteiger partial charge in [-0.15, -0.1) is 0 Å². The maximum atomic E-state index is 13.0. The Hall–Kier alpha value is -2.13. The van der Waals surface area contributed by atoms with Crippen LogP contribution in [0.25, 0.3) is 4.96 Å². The van der Waals surface area contributed by atoms with Gasteiger partial charge < -0.3 is 5.32 Å². The van der Waals surface area contributed by atoms with Gasteiger partial charge in [0.25, 0.3) is 5.91 Å². The van der Waals surface area contributed by atoms with Crippen LogP contribution in [0.5, 0.6) is 0 Å². The topological polar surface area (TPSA) is 59.3 Å². The van der Waals surface area contributed by atoms with Gasteiger partial charge in [-0.05, 0) is 18.2 Å². The largest absolute Gasteiger partial charge is 0.418 e. The van der Waals surface area contributed by atoms with Gasteiger partial charge in [-0.1, -0.05) is 22.9 Å². The molecule has 1 amide bonds. The van der Waals surface area contributed by atoms with Crippen molar-refractivity contribution < 1.29 is 18.0 Å². The third-order valence-corrected chi connectivity index (χ3v) is 3.68. The Morgan fingerprint density at radius 1 is 1.36 bits per heavy atom. The second-order valence-corrected chi connectivity index (χ2v) is 5.48. The molecule has 0 fully saturated rings. The van der Waals surface area contributed by atoms with Crippen LogP contribution in [0.3, 0.4) is 0 Å². The molecular weight excluding hydrogens is 341 g/mol. The number of nitrogens with one attached hydrogen (secondary N) is 1. The van der Waals surface area contributed by atoms with Crippen molar-refractivity contribution in [2.24, 2.45) is 0 Å². The van der Waals surface area contributed by atoms with Gasteiger partial charge in [0.2, 0.25) is 4.96 Å². The smallest absolute Gasteiger partial charge is 0.320 e. The second-order valence-electron chi connectivity index (χ2n) is 4.23. The fourth-order valence-corrected chi connectivity index (χ4v) is 2.57. The van der Waals surface area contributed by atoms with Crippen LogP contribution in [0.4, 0.5) is 18.9 Å². The van der Waals surface area contributed by atoms with Gasteiger partial charge in [-0.2, -0.15) is 18.3 Å². The highest BCUT2D eigenvalue weighted by atomic mass is 35.5. The lowest BCUT2D eigenvalue weighted by molar-refractivity contribution is -0.136. The van der Waals surface area contributed by atoms with E-state index in [1.807, 2.05) is 0 Å². The number of fused-ring (bicyclic) bond motifs is 1. The predicted octanol–water partition coefficient (Wildman–Crippen LogP) is 3.72. The number of halogens is 4. The third kappa shape index (κ3) is 2.77. The summed E-state index contributed by atoms with van der Waals surface area (Å²) in [6.45, 7) is 0. The maximum Gasteiger partial charge on any atom is 0.418 e. The van der Waals surface area contributed by atoms with E-state index in [-0.39, 0.29) is 16.4 Å². The Balaban J connectivity index is 1.92. The number of anilines is 1. The molecule has 0 aliphatic carbocycles. The normalized spacial score (nSPS) is 11.8. The number of hydrogen-bond donors (Lipinski definition) is 1. The highest BCUT2D eigenvalue weighted by molar-refractivity contribution is 7.14. The van der Waals surface area contributed by atoms with Gasteiger partial charge >= 0.3 is 6.18 Å². The minimum absolute atomic E-state index is 0.0255. The summed E-state index contributed by atoms with van der Waals surface area (Å²) in [5, 5.41) is 6.02. The molecule has 0 bridgehead atoms. The summed E-state index contributed by atoms with van der Waals surface area (Å²) in [6, 6.07) is 3.11. The van der Waals surface area contributed by atoms with E-state index in [9.17, 15) is 18.0 Å². The Labute approximate surface area is 130 Å². The van der Waals surface area contributed by atoms with Crippen LogP contribution in [-0.4, -0.2) is 20.5 Å². The molecule has 10 heteroatoms. The van der Waals surface area contributed by atoms with E-state index in [0.29, 0.717) is 4.96 Å². The first-order chi connectivity index (χ1) is 10.3. The molecule has 0 aliphatic heterocycles. The SMILES string of the molecule is O=C(Nc1ccc(Cl)cc1C(F)(F)F)c1cn2ncsc2n1. The van der Waals surface area contributed by atoms with Crippen molar-refractivity contribution in [3.63, 3.8) is 0 Å². The first-order valence-electron chi connectivity index (χ1n) is 5.81. The summed E-state index contributed by atoms with van der Waals surface area (Å²) < 4.78 is 40.3. The number of carbonyl (C=O) groups is 1. The zero-order valence-electron chi connectivity index (χ0n) is 10.6. The Bertz CT molecular complexity index is 829. The molecule has 1 aromatic carbocycles. The highest BCUT2D eigenvalue weighted by Gasteiger charge is 2.34. The molecule has 2 heterocycles. The highest BCUT2D eigenvalue weighted by Crippen LogP contribution is 2.36. The molecule has 22 heavy (non-hydrogen) atoms. The Morgan fingerprint density at radius 3 is 2.82 bits per heavy atom. The summed E-state index contributed by atoms with van der Waals surface area (Å²) in [5.74, 6) is -0.759. The van der Waals surface area contributed by atoms with E-state index in [0.717, 1.165) is 12.1 Å². The predicted molar refractivity (Wildman–Crippen MR) is 75.3 cm³/mol. The van der Waals surface area contributed by atoms with E-state index < -0.39 is 17.6 Å². The van der Waals surface area contributed by atoms with E-state index in [1.165, 1.54) is 33.6 Å². The summed E-state index contributed by atoms with van der Waals surface area (Å²) >= 11 is 6.78. The summed E-state index contributed by atoms with van der Waals surface area (Å²) in [4.78, 5) is 16.5. The molecule has 2 aromatic heterocycles. The first-order valence-corrected chi connectivity index (χ1v) is 7.07. The van der Waals surface area contributed by atoms with E-state index in [2.05, 4.69) is 15.4 Å². The fourth-order valence-electron chi connectivity index (χ4n) is 1.79. The molecule has 0 saturated heterocycles. The van der Waals surface area contributed by atoms with Crippen molar-refractivity contribution in [3.05, 3.63) is 46.2 Å². The van der Waals surface area contributed by atoms with E-state index in [4.69, 9.17) is 11.6 Å². The number of imidazole rings is 1. The summed E-state index contributed by atoms with van der Waals surface area (Å²) in [7, 11) is 0. The monoisotopic (exact) mass is 346 g/mol. The zero-order valence-corrected chi connectivity index (χ0v) is 12.1. The number of amides is 1. The van der Waals surface area contributed by atoms with Crippen LogP contribution in [0, 0.1) is 0 Å². The van der Waals surface area contributed by atoms with Crippen LogP contribution >= 0.6 is 22.9 Å². The lowest BCUT2D eigenvalue weighted by Crippen LogP contribution is -2.17. The molecule has 0 radical (unpaired) electrons. The van der Waals surface area contributed by atoms with Gasteiger partial charge in [-0.3, -0.25) is 4.79 Å². The van der Waals surface area contributed by atoms with Crippen LogP contribution in [0.2, 0.25) is 5.02 Å². The van der Waals surface area contributed by atoms with Gasteiger partial charge in [0, 0.05) is 5.02 Å². The van der Waals surface area contributed by atoms with Crippen molar-refractivity contribution in [1.82, 2.24) is 14.6 Å². The molecule has 114 valence electrons. The first kappa shape index (κ1) is 14.8. The molecule has 0 saturated carbocycles. The van der Waals surface area contributed by atoms with Crippen molar-refractivity contribution in [1.29, 1.82) is 0 Å². The number of carbonyl (C=O) groups excluding carboxylic acids is 1.